The van der Waals surface area contributed by atoms with Gasteiger partial charge in [0.2, 0.25) is 0 Å². The van der Waals surface area contributed by atoms with Crippen molar-refractivity contribution in [3.05, 3.63) is 40.3 Å². The summed E-state index contributed by atoms with van der Waals surface area (Å²) in [6.07, 6.45) is -3.90. The third-order valence-electron chi connectivity index (χ3n) is 2.26. The molecule has 0 amide bonds. The van der Waals surface area contributed by atoms with E-state index in [9.17, 15) is 18.0 Å². The highest BCUT2D eigenvalue weighted by Gasteiger charge is 2.33. The number of aromatic nitrogens is 1. The second-order valence-electron chi connectivity index (χ2n) is 3.30. The number of nitrogen functional groups attached to an aromatic ring is 1. The van der Waals surface area contributed by atoms with Crippen LogP contribution < -0.4 is 11.3 Å². The first kappa shape index (κ1) is 10.5. The van der Waals surface area contributed by atoms with Gasteiger partial charge < -0.3 is 10.7 Å². The van der Waals surface area contributed by atoms with Crippen molar-refractivity contribution in [1.82, 2.24) is 4.98 Å². The van der Waals surface area contributed by atoms with Crippen molar-refractivity contribution >= 4 is 16.5 Å². The molecule has 3 N–H and O–H groups in total. The fourth-order valence-electron chi connectivity index (χ4n) is 1.57. The Morgan fingerprint density at radius 3 is 2.56 bits per heavy atom. The molecular weight excluding hydrogens is 221 g/mol. The molecule has 0 bridgehead atoms. The normalized spacial score (nSPS) is 11.9. The Morgan fingerprint density at radius 1 is 1.25 bits per heavy atom. The number of nitrogens with one attached hydrogen (secondary N) is 1. The van der Waals surface area contributed by atoms with Crippen LogP contribution in [0.1, 0.15) is 5.56 Å². The summed E-state index contributed by atoms with van der Waals surface area (Å²) in [7, 11) is 0. The maximum atomic E-state index is 12.7. The van der Waals surface area contributed by atoms with Gasteiger partial charge in [-0.3, -0.25) is 4.79 Å². The summed E-state index contributed by atoms with van der Waals surface area (Å²) in [5, 5.41) is -0.312. The number of nitrogens with two attached hydrogens (primary N) is 1. The molecule has 1 aromatic carbocycles. The molecule has 0 aliphatic heterocycles. The number of pyridine rings is 1. The Bertz CT molecular complexity index is 601. The van der Waals surface area contributed by atoms with E-state index in [2.05, 4.69) is 0 Å². The number of aromatic amines is 1. The topological polar surface area (TPSA) is 58.9 Å². The summed E-state index contributed by atoms with van der Waals surface area (Å²) in [5.74, 6) is 0. The van der Waals surface area contributed by atoms with Crippen LogP contribution in [0.25, 0.3) is 10.8 Å². The van der Waals surface area contributed by atoms with E-state index in [1.54, 1.807) is 0 Å². The van der Waals surface area contributed by atoms with Gasteiger partial charge in [0.15, 0.2) is 0 Å². The number of fused-ring (bicyclic) bond motifs is 1. The van der Waals surface area contributed by atoms with E-state index < -0.39 is 17.3 Å². The van der Waals surface area contributed by atoms with Gasteiger partial charge in [0.05, 0.1) is 5.56 Å². The summed E-state index contributed by atoms with van der Waals surface area (Å²) in [6.45, 7) is 0. The van der Waals surface area contributed by atoms with Crippen LogP contribution in [0.15, 0.2) is 29.2 Å². The molecule has 16 heavy (non-hydrogen) atoms. The highest BCUT2D eigenvalue weighted by atomic mass is 19.4. The maximum absolute atomic E-state index is 12.7. The van der Waals surface area contributed by atoms with Gasteiger partial charge in [-0.1, -0.05) is 6.07 Å². The second-order valence-corrected chi connectivity index (χ2v) is 3.30. The monoisotopic (exact) mass is 228 g/mol. The minimum Gasteiger partial charge on any atom is -0.398 e. The zero-order chi connectivity index (χ0) is 11.9. The highest BCUT2D eigenvalue weighted by Crippen LogP contribution is 2.35. The molecule has 1 aromatic heterocycles. The van der Waals surface area contributed by atoms with Crippen molar-refractivity contribution in [1.29, 1.82) is 0 Å². The molecule has 3 nitrogen and oxygen atoms in total. The van der Waals surface area contributed by atoms with E-state index in [1.165, 1.54) is 18.2 Å². The maximum Gasteiger partial charge on any atom is 0.418 e. The number of hydrogen-bond acceptors (Lipinski definition) is 2. The second kappa shape index (κ2) is 3.26. The van der Waals surface area contributed by atoms with Crippen LogP contribution in [0.3, 0.4) is 0 Å². The van der Waals surface area contributed by atoms with Crippen molar-refractivity contribution < 1.29 is 13.2 Å². The SMILES string of the molecule is Nc1cccc2c(=O)[nH]cc(C(F)(F)F)c12. The lowest BCUT2D eigenvalue weighted by atomic mass is 10.1. The minimum absolute atomic E-state index is 0.0593. The number of hydrogen-bond donors (Lipinski definition) is 2. The smallest absolute Gasteiger partial charge is 0.398 e. The largest absolute Gasteiger partial charge is 0.418 e. The summed E-state index contributed by atoms with van der Waals surface area (Å²) in [5.41, 5.74) is 3.89. The van der Waals surface area contributed by atoms with E-state index in [4.69, 9.17) is 5.73 Å². The van der Waals surface area contributed by atoms with E-state index in [1.807, 2.05) is 4.98 Å². The van der Waals surface area contributed by atoms with Crippen molar-refractivity contribution in [2.45, 2.75) is 6.18 Å². The predicted octanol–water partition coefficient (Wildman–Crippen LogP) is 2.13. The van der Waals surface area contributed by atoms with Crippen LogP contribution in [0.5, 0.6) is 0 Å². The van der Waals surface area contributed by atoms with E-state index in [0.717, 1.165) is 0 Å². The first-order valence-electron chi connectivity index (χ1n) is 4.38. The Labute approximate surface area is 87.7 Å². The zero-order valence-electron chi connectivity index (χ0n) is 7.93. The summed E-state index contributed by atoms with van der Waals surface area (Å²) in [4.78, 5) is 13.4. The van der Waals surface area contributed by atoms with Gasteiger partial charge in [-0.05, 0) is 12.1 Å². The van der Waals surface area contributed by atoms with Gasteiger partial charge in [0, 0.05) is 22.7 Å². The number of rotatable bonds is 0. The molecule has 0 radical (unpaired) electrons. The predicted molar refractivity (Wildman–Crippen MR) is 54.0 cm³/mol. The van der Waals surface area contributed by atoms with Crippen LogP contribution in [-0.2, 0) is 6.18 Å². The lowest BCUT2D eigenvalue weighted by molar-refractivity contribution is -0.136. The molecule has 0 unspecified atom stereocenters. The average molecular weight is 228 g/mol. The fraction of sp³-hybridized carbons (Fsp3) is 0.100. The molecule has 0 atom stereocenters. The highest BCUT2D eigenvalue weighted by molar-refractivity contribution is 5.95. The number of benzene rings is 1. The first-order chi connectivity index (χ1) is 7.41. The van der Waals surface area contributed by atoms with Crippen molar-refractivity contribution in [3.8, 4) is 0 Å². The number of H-pyrrole nitrogens is 1. The molecule has 6 heteroatoms. The standard InChI is InChI=1S/C10H7F3N2O/c11-10(12,13)6-4-15-9(16)5-2-1-3-7(14)8(5)6/h1-4H,14H2,(H,15,16). The molecule has 2 rings (SSSR count). The Morgan fingerprint density at radius 2 is 1.94 bits per heavy atom. The van der Waals surface area contributed by atoms with Crippen molar-refractivity contribution in [2.75, 3.05) is 5.73 Å². The Kier molecular flexibility index (Phi) is 2.15. The Hall–Kier alpha value is -1.98. The van der Waals surface area contributed by atoms with Gasteiger partial charge in [0.25, 0.3) is 5.56 Å². The fourth-order valence-corrected chi connectivity index (χ4v) is 1.57. The van der Waals surface area contributed by atoms with E-state index >= 15 is 0 Å². The molecule has 0 saturated heterocycles. The Balaban J connectivity index is 2.98. The molecule has 84 valence electrons. The van der Waals surface area contributed by atoms with Crippen LogP contribution in [0.4, 0.5) is 18.9 Å². The van der Waals surface area contributed by atoms with Gasteiger partial charge in [-0.15, -0.1) is 0 Å². The molecule has 0 spiro atoms. The van der Waals surface area contributed by atoms with Gasteiger partial charge in [0.1, 0.15) is 0 Å². The van der Waals surface area contributed by atoms with Crippen LogP contribution >= 0.6 is 0 Å². The first-order valence-corrected chi connectivity index (χ1v) is 4.38. The van der Waals surface area contributed by atoms with Gasteiger partial charge >= 0.3 is 6.18 Å². The lowest BCUT2D eigenvalue weighted by Crippen LogP contribution is -2.14. The molecule has 0 aliphatic carbocycles. The lowest BCUT2D eigenvalue weighted by Gasteiger charge is -2.11. The molecule has 1 heterocycles. The third kappa shape index (κ3) is 1.52. The summed E-state index contributed by atoms with van der Waals surface area (Å²) >= 11 is 0. The van der Waals surface area contributed by atoms with Crippen molar-refractivity contribution in [3.63, 3.8) is 0 Å². The minimum atomic E-state index is -4.54. The summed E-state index contributed by atoms with van der Waals surface area (Å²) in [6, 6.07) is 4.07. The molecule has 2 aromatic rings. The average Bonchev–Trinajstić information content (AvgIpc) is 2.18. The third-order valence-corrected chi connectivity index (χ3v) is 2.26. The van der Waals surface area contributed by atoms with Gasteiger partial charge in [-0.25, -0.2) is 0 Å². The number of alkyl halides is 3. The van der Waals surface area contributed by atoms with Crippen molar-refractivity contribution in [2.24, 2.45) is 0 Å². The van der Waals surface area contributed by atoms with Crippen LogP contribution in [-0.4, -0.2) is 4.98 Å². The van der Waals surface area contributed by atoms with Crippen LogP contribution in [0.2, 0.25) is 0 Å². The summed E-state index contributed by atoms with van der Waals surface area (Å²) < 4.78 is 38.0. The van der Waals surface area contributed by atoms with E-state index in [-0.39, 0.29) is 16.5 Å². The molecule has 0 aliphatic rings. The quantitative estimate of drug-likeness (QED) is 0.678. The molecular formula is C10H7F3N2O. The zero-order valence-corrected chi connectivity index (χ0v) is 7.93. The number of halogens is 3. The molecule has 0 saturated carbocycles. The number of anilines is 1. The van der Waals surface area contributed by atoms with Crippen LogP contribution in [0, 0.1) is 0 Å². The molecule has 0 fully saturated rings. The van der Waals surface area contributed by atoms with E-state index in [0.29, 0.717) is 6.20 Å². The van der Waals surface area contributed by atoms with Gasteiger partial charge in [-0.2, -0.15) is 13.2 Å².